The second kappa shape index (κ2) is 7.69. The highest BCUT2D eigenvalue weighted by atomic mass is 32.1. The van der Waals surface area contributed by atoms with Crippen LogP contribution in [0, 0.1) is 12.8 Å². The summed E-state index contributed by atoms with van der Waals surface area (Å²) < 4.78 is 0. The predicted octanol–water partition coefficient (Wildman–Crippen LogP) is 1.58. The van der Waals surface area contributed by atoms with Gasteiger partial charge in [-0.1, -0.05) is 6.42 Å². The Morgan fingerprint density at radius 3 is 2.59 bits per heavy atom. The first kappa shape index (κ1) is 16.9. The number of anilines is 1. The summed E-state index contributed by atoms with van der Waals surface area (Å²) in [6, 6.07) is 0. The molecule has 0 aliphatic heterocycles. The van der Waals surface area contributed by atoms with Crippen LogP contribution >= 0.6 is 11.3 Å². The van der Waals surface area contributed by atoms with Crippen LogP contribution in [0.3, 0.4) is 0 Å². The fraction of sp³-hybridized carbons (Fsp3) is 0.667. The lowest BCUT2D eigenvalue weighted by Gasteiger charge is -2.31. The van der Waals surface area contributed by atoms with E-state index in [9.17, 15) is 9.59 Å². The van der Waals surface area contributed by atoms with Crippen LogP contribution in [0.1, 0.15) is 25.0 Å². The highest BCUT2D eigenvalue weighted by molar-refractivity contribution is 7.13. The van der Waals surface area contributed by atoms with Gasteiger partial charge < -0.3 is 15.1 Å². The molecule has 0 aromatic carbocycles. The van der Waals surface area contributed by atoms with Crippen LogP contribution in [-0.4, -0.2) is 60.3 Å². The van der Waals surface area contributed by atoms with Crippen molar-refractivity contribution in [3.63, 3.8) is 0 Å². The van der Waals surface area contributed by atoms with E-state index in [4.69, 9.17) is 0 Å². The molecule has 1 aliphatic rings. The second-order valence-electron chi connectivity index (χ2n) is 6.03. The third kappa shape index (κ3) is 4.78. The number of hydrogen-bond acceptors (Lipinski definition) is 5. The number of thiazole rings is 1. The molecule has 1 aromatic rings. The molecule has 7 heteroatoms. The van der Waals surface area contributed by atoms with Gasteiger partial charge in [0.25, 0.3) is 0 Å². The van der Waals surface area contributed by atoms with Crippen molar-refractivity contribution < 1.29 is 9.59 Å². The van der Waals surface area contributed by atoms with Crippen LogP contribution in [0.4, 0.5) is 5.13 Å². The van der Waals surface area contributed by atoms with Crippen molar-refractivity contribution in [2.45, 2.75) is 26.2 Å². The Morgan fingerprint density at radius 1 is 1.36 bits per heavy atom. The summed E-state index contributed by atoms with van der Waals surface area (Å²) >= 11 is 1.40. The topological polar surface area (TPSA) is 65.5 Å². The maximum Gasteiger partial charge on any atom is 0.245 e. The van der Waals surface area contributed by atoms with E-state index < -0.39 is 0 Å². The van der Waals surface area contributed by atoms with E-state index in [0.717, 1.165) is 31.5 Å². The van der Waals surface area contributed by atoms with E-state index in [1.165, 1.54) is 11.3 Å². The van der Waals surface area contributed by atoms with Gasteiger partial charge in [-0.05, 0) is 33.9 Å². The lowest BCUT2D eigenvalue weighted by molar-refractivity contribution is -0.140. The van der Waals surface area contributed by atoms with Gasteiger partial charge in [-0.15, -0.1) is 11.3 Å². The Bertz CT molecular complexity index is 525. The van der Waals surface area contributed by atoms with Gasteiger partial charge in [0.2, 0.25) is 11.8 Å². The Labute approximate surface area is 135 Å². The van der Waals surface area contributed by atoms with Crippen LogP contribution in [0.5, 0.6) is 0 Å². The zero-order chi connectivity index (χ0) is 16.1. The second-order valence-corrected chi connectivity index (χ2v) is 6.89. The summed E-state index contributed by atoms with van der Waals surface area (Å²) in [6.45, 7) is 3.31. The quantitative estimate of drug-likeness (QED) is 0.827. The zero-order valence-electron chi connectivity index (χ0n) is 13.5. The maximum atomic E-state index is 12.4. The minimum absolute atomic E-state index is 0.0990. The number of aromatic nitrogens is 1. The zero-order valence-corrected chi connectivity index (χ0v) is 14.3. The summed E-state index contributed by atoms with van der Waals surface area (Å²) in [5.74, 6) is 0.0384. The number of hydrogen-bond donors (Lipinski definition) is 1. The first-order chi connectivity index (χ1) is 10.5. The Morgan fingerprint density at radius 2 is 2.09 bits per heavy atom. The number of nitrogens with one attached hydrogen (secondary N) is 1. The van der Waals surface area contributed by atoms with Gasteiger partial charge in [0, 0.05) is 24.4 Å². The lowest BCUT2D eigenvalue weighted by Crippen LogP contribution is -2.45. The molecule has 2 amide bonds. The molecule has 0 radical (unpaired) electrons. The summed E-state index contributed by atoms with van der Waals surface area (Å²) in [4.78, 5) is 32.5. The Kier molecular flexibility index (Phi) is 5.90. The molecule has 122 valence electrons. The molecule has 1 aliphatic carbocycles. The van der Waals surface area contributed by atoms with Gasteiger partial charge >= 0.3 is 0 Å². The number of carbonyl (C=O) groups is 2. The van der Waals surface area contributed by atoms with Crippen LogP contribution in [0.15, 0.2) is 5.38 Å². The van der Waals surface area contributed by atoms with Gasteiger partial charge in [0.1, 0.15) is 0 Å². The molecule has 0 atom stereocenters. The van der Waals surface area contributed by atoms with Crippen LogP contribution in [-0.2, 0) is 9.59 Å². The molecular formula is C15H24N4O2S. The highest BCUT2D eigenvalue weighted by Gasteiger charge is 2.30. The largest absolute Gasteiger partial charge is 0.332 e. The highest BCUT2D eigenvalue weighted by Crippen LogP contribution is 2.28. The van der Waals surface area contributed by atoms with Crippen molar-refractivity contribution in [3.05, 3.63) is 11.1 Å². The van der Waals surface area contributed by atoms with Gasteiger partial charge in [-0.3, -0.25) is 9.59 Å². The normalized spacial score (nSPS) is 14.7. The summed E-state index contributed by atoms with van der Waals surface area (Å²) in [5.41, 5.74) is 0.885. The Balaban J connectivity index is 1.91. The fourth-order valence-electron chi connectivity index (χ4n) is 2.24. The van der Waals surface area contributed by atoms with Gasteiger partial charge in [-0.25, -0.2) is 4.98 Å². The lowest BCUT2D eigenvalue weighted by atomic mass is 9.84. The average Bonchev–Trinajstić information content (AvgIpc) is 2.77. The van der Waals surface area contributed by atoms with Crippen LogP contribution < -0.4 is 5.32 Å². The number of aryl methyl sites for hydroxylation is 1. The van der Waals surface area contributed by atoms with Crippen molar-refractivity contribution in [2.75, 3.05) is 39.0 Å². The van der Waals surface area contributed by atoms with Crippen LogP contribution in [0.25, 0.3) is 0 Å². The van der Waals surface area contributed by atoms with Crippen molar-refractivity contribution >= 4 is 28.3 Å². The minimum atomic E-state index is -0.180. The van der Waals surface area contributed by atoms with E-state index in [2.05, 4.69) is 10.3 Å². The van der Waals surface area contributed by atoms with Crippen molar-refractivity contribution in [2.24, 2.45) is 5.92 Å². The fourth-order valence-corrected chi connectivity index (χ4v) is 2.95. The van der Waals surface area contributed by atoms with Crippen molar-refractivity contribution in [3.8, 4) is 0 Å². The van der Waals surface area contributed by atoms with Crippen molar-refractivity contribution in [1.29, 1.82) is 0 Å². The molecule has 22 heavy (non-hydrogen) atoms. The summed E-state index contributed by atoms with van der Waals surface area (Å²) in [5, 5.41) is 5.25. The SMILES string of the molecule is Cc1csc(NC(=O)CN(CCN(C)C)C(=O)C2CCC2)n1. The van der Waals surface area contributed by atoms with E-state index in [0.29, 0.717) is 11.7 Å². The maximum absolute atomic E-state index is 12.4. The van der Waals surface area contributed by atoms with Gasteiger partial charge in [0.15, 0.2) is 5.13 Å². The molecule has 6 nitrogen and oxygen atoms in total. The smallest absolute Gasteiger partial charge is 0.245 e. The van der Waals surface area contributed by atoms with Gasteiger partial charge in [0.05, 0.1) is 12.2 Å². The average molecular weight is 324 g/mol. The molecule has 0 unspecified atom stereocenters. The molecule has 0 spiro atoms. The number of nitrogens with zero attached hydrogens (tertiary/aromatic N) is 3. The monoisotopic (exact) mass is 324 g/mol. The molecule has 1 fully saturated rings. The minimum Gasteiger partial charge on any atom is -0.332 e. The molecule has 0 saturated heterocycles. The number of carbonyl (C=O) groups excluding carboxylic acids is 2. The number of amides is 2. The predicted molar refractivity (Wildman–Crippen MR) is 88.0 cm³/mol. The molecular weight excluding hydrogens is 300 g/mol. The third-order valence-corrected chi connectivity index (χ3v) is 4.66. The number of likely N-dealkylation sites (N-methyl/N-ethyl adjacent to an activating group) is 1. The number of rotatable bonds is 7. The molecule has 1 saturated carbocycles. The molecule has 1 heterocycles. The van der Waals surface area contributed by atoms with E-state index in [-0.39, 0.29) is 24.3 Å². The first-order valence-corrected chi connectivity index (χ1v) is 8.49. The van der Waals surface area contributed by atoms with E-state index >= 15 is 0 Å². The van der Waals surface area contributed by atoms with E-state index in [1.54, 1.807) is 4.90 Å². The summed E-state index contributed by atoms with van der Waals surface area (Å²) in [6.07, 6.45) is 3.01. The van der Waals surface area contributed by atoms with Gasteiger partial charge in [-0.2, -0.15) is 0 Å². The Hall–Kier alpha value is -1.47. The molecule has 1 aromatic heterocycles. The van der Waals surface area contributed by atoms with E-state index in [1.807, 2.05) is 31.3 Å². The third-order valence-electron chi connectivity index (χ3n) is 3.78. The van der Waals surface area contributed by atoms with Crippen molar-refractivity contribution in [1.82, 2.24) is 14.8 Å². The molecule has 0 bridgehead atoms. The summed E-state index contributed by atoms with van der Waals surface area (Å²) in [7, 11) is 3.93. The molecule has 2 rings (SSSR count). The van der Waals surface area contributed by atoms with Crippen LogP contribution in [0.2, 0.25) is 0 Å². The molecule has 1 N–H and O–H groups in total. The first-order valence-electron chi connectivity index (χ1n) is 7.61. The standard InChI is InChI=1S/C15H24N4O2S/c1-11-10-22-15(16-11)17-13(20)9-19(8-7-18(2)3)14(21)12-5-4-6-12/h10,12H,4-9H2,1-3H3,(H,16,17,20).